The van der Waals surface area contributed by atoms with Crippen molar-refractivity contribution in [2.75, 3.05) is 32.6 Å². The van der Waals surface area contributed by atoms with E-state index in [0.717, 1.165) is 25.1 Å². The normalized spacial score (nSPS) is 14.1. The molecular weight excluding hydrogens is 438 g/mol. The molecule has 172 valence electrons. The van der Waals surface area contributed by atoms with Gasteiger partial charge < -0.3 is 20.1 Å². The van der Waals surface area contributed by atoms with Crippen molar-refractivity contribution in [2.45, 2.75) is 19.0 Å². The number of rotatable bonds is 7. The van der Waals surface area contributed by atoms with Crippen molar-refractivity contribution in [1.29, 1.82) is 0 Å². The molecule has 2 heterocycles. The number of hydrogen-bond donors (Lipinski definition) is 2. The summed E-state index contributed by atoms with van der Waals surface area (Å²) in [4.78, 5) is 27.5. The Morgan fingerprint density at radius 1 is 1.06 bits per heavy atom. The fourth-order valence-corrected chi connectivity index (χ4v) is 4.76. The van der Waals surface area contributed by atoms with E-state index in [4.69, 9.17) is 9.47 Å². The van der Waals surface area contributed by atoms with Crippen LogP contribution in [0.4, 0.5) is 5.69 Å². The van der Waals surface area contributed by atoms with Crippen molar-refractivity contribution in [1.82, 2.24) is 10.2 Å². The van der Waals surface area contributed by atoms with Gasteiger partial charge in [-0.1, -0.05) is 24.3 Å². The van der Waals surface area contributed by atoms with E-state index in [9.17, 15) is 9.59 Å². The van der Waals surface area contributed by atoms with E-state index < -0.39 is 11.8 Å². The Balaban J connectivity index is 1.42. The van der Waals surface area contributed by atoms with Gasteiger partial charge in [0.2, 0.25) is 0 Å². The number of methoxy groups -OCH3 is 2. The van der Waals surface area contributed by atoms with Crippen LogP contribution in [0.2, 0.25) is 0 Å². The molecule has 0 bridgehead atoms. The first-order valence-corrected chi connectivity index (χ1v) is 11.7. The van der Waals surface area contributed by atoms with Gasteiger partial charge in [0, 0.05) is 25.7 Å². The van der Waals surface area contributed by atoms with Crippen LogP contribution < -0.4 is 20.1 Å². The molecule has 0 saturated carbocycles. The zero-order chi connectivity index (χ0) is 23.2. The van der Waals surface area contributed by atoms with Crippen molar-refractivity contribution in [2.24, 2.45) is 0 Å². The summed E-state index contributed by atoms with van der Waals surface area (Å²) in [5.74, 6) is -0.424. The van der Waals surface area contributed by atoms with E-state index in [-0.39, 0.29) is 6.04 Å². The van der Waals surface area contributed by atoms with Crippen molar-refractivity contribution in [3.8, 4) is 11.5 Å². The second-order valence-electron chi connectivity index (χ2n) is 7.79. The lowest BCUT2D eigenvalue weighted by Crippen LogP contribution is -2.43. The van der Waals surface area contributed by atoms with Crippen LogP contribution in [0.3, 0.4) is 0 Å². The Morgan fingerprint density at radius 2 is 1.88 bits per heavy atom. The van der Waals surface area contributed by atoms with Gasteiger partial charge in [0.15, 0.2) is 0 Å². The minimum absolute atomic E-state index is 0.0168. The maximum absolute atomic E-state index is 12.6. The first-order valence-electron chi connectivity index (χ1n) is 10.7. The van der Waals surface area contributed by atoms with Gasteiger partial charge in [-0.15, -0.1) is 0 Å². The number of nitrogens with zero attached hydrogens (tertiary/aromatic N) is 1. The Labute approximate surface area is 197 Å². The number of amides is 2. The van der Waals surface area contributed by atoms with Gasteiger partial charge in [0.1, 0.15) is 11.5 Å². The molecule has 7 nitrogen and oxygen atoms in total. The third kappa shape index (κ3) is 5.35. The molecule has 0 radical (unpaired) electrons. The molecule has 2 amide bonds. The lowest BCUT2D eigenvalue weighted by Gasteiger charge is -2.35. The number of carbonyl (C=O) groups is 2. The van der Waals surface area contributed by atoms with Crippen LogP contribution in [0.1, 0.15) is 22.7 Å². The summed E-state index contributed by atoms with van der Waals surface area (Å²) in [6, 6.07) is 15.5. The summed E-state index contributed by atoms with van der Waals surface area (Å²) in [6.45, 7) is 2.04. The van der Waals surface area contributed by atoms with E-state index in [1.165, 1.54) is 18.2 Å². The summed E-state index contributed by atoms with van der Waals surface area (Å²) in [5.41, 5.74) is 4.21. The van der Waals surface area contributed by atoms with Crippen molar-refractivity contribution in [3.05, 3.63) is 76.0 Å². The van der Waals surface area contributed by atoms with Gasteiger partial charge in [-0.25, -0.2) is 0 Å². The third-order valence-electron chi connectivity index (χ3n) is 5.85. The molecule has 0 saturated heterocycles. The highest BCUT2D eigenvalue weighted by Crippen LogP contribution is 2.30. The summed E-state index contributed by atoms with van der Waals surface area (Å²) in [5, 5.41) is 9.57. The van der Waals surface area contributed by atoms with Crippen LogP contribution in [0, 0.1) is 0 Å². The fraction of sp³-hybridized carbons (Fsp3) is 0.280. The number of hydrogen-bond acceptors (Lipinski definition) is 6. The van der Waals surface area contributed by atoms with E-state index >= 15 is 0 Å². The number of thiophene rings is 1. The number of nitrogens with one attached hydrogen (secondary N) is 2. The topological polar surface area (TPSA) is 79.9 Å². The largest absolute Gasteiger partial charge is 0.497 e. The van der Waals surface area contributed by atoms with Crippen molar-refractivity contribution < 1.29 is 19.1 Å². The van der Waals surface area contributed by atoms with E-state index in [2.05, 4.69) is 51.2 Å². The predicted molar refractivity (Wildman–Crippen MR) is 129 cm³/mol. The molecule has 2 aromatic carbocycles. The maximum atomic E-state index is 12.6. The molecule has 8 heteroatoms. The van der Waals surface area contributed by atoms with Crippen LogP contribution in [-0.4, -0.2) is 44.0 Å². The van der Waals surface area contributed by atoms with Crippen molar-refractivity contribution in [3.63, 3.8) is 0 Å². The molecule has 0 spiro atoms. The van der Waals surface area contributed by atoms with Gasteiger partial charge in [-0.05, 0) is 52.1 Å². The summed E-state index contributed by atoms with van der Waals surface area (Å²) >= 11 is 1.62. The standard InChI is InChI=1S/C25H27N3O4S/c1-31-20-7-8-21(23(13-20)32-2)27-25(30)24(29)26-14-22(19-10-12-33-16-19)28-11-9-17-5-3-4-6-18(17)15-28/h3-8,10,12-13,16,22H,9,11,14-15H2,1-2H3,(H,26,29)(H,27,30)/t22-/m1/s1. The molecular formula is C25H27N3O4S. The molecule has 1 aromatic heterocycles. The van der Waals surface area contributed by atoms with Crippen LogP contribution in [0.25, 0.3) is 0 Å². The summed E-state index contributed by atoms with van der Waals surface area (Å²) in [6.07, 6.45) is 0.961. The molecule has 1 atom stereocenters. The average molecular weight is 466 g/mol. The SMILES string of the molecule is COc1ccc(NC(=O)C(=O)NC[C@H](c2ccsc2)N2CCc3ccccc3C2)c(OC)c1. The van der Waals surface area contributed by atoms with Crippen LogP contribution in [-0.2, 0) is 22.6 Å². The quantitative estimate of drug-likeness (QED) is 0.521. The number of anilines is 1. The molecule has 0 aliphatic carbocycles. The van der Waals surface area contributed by atoms with Crippen LogP contribution in [0.15, 0.2) is 59.3 Å². The first kappa shape index (κ1) is 22.8. The smallest absolute Gasteiger partial charge is 0.313 e. The second kappa shape index (κ2) is 10.5. The minimum Gasteiger partial charge on any atom is -0.497 e. The number of ether oxygens (including phenoxy) is 2. The van der Waals surface area contributed by atoms with Gasteiger partial charge in [0.25, 0.3) is 0 Å². The molecule has 4 rings (SSSR count). The Hall–Kier alpha value is -3.36. The molecule has 1 aliphatic heterocycles. The predicted octanol–water partition coefficient (Wildman–Crippen LogP) is 3.62. The highest BCUT2D eigenvalue weighted by molar-refractivity contribution is 7.08. The third-order valence-corrected chi connectivity index (χ3v) is 6.55. The van der Waals surface area contributed by atoms with E-state index in [0.29, 0.717) is 23.7 Å². The lowest BCUT2D eigenvalue weighted by molar-refractivity contribution is -0.136. The number of benzene rings is 2. The van der Waals surface area contributed by atoms with Crippen LogP contribution in [0.5, 0.6) is 11.5 Å². The van der Waals surface area contributed by atoms with Gasteiger partial charge >= 0.3 is 11.8 Å². The summed E-state index contributed by atoms with van der Waals surface area (Å²) < 4.78 is 10.5. The highest BCUT2D eigenvalue weighted by Gasteiger charge is 2.26. The molecule has 2 N–H and O–H groups in total. The Bertz CT molecular complexity index is 1120. The van der Waals surface area contributed by atoms with Gasteiger partial charge in [-0.2, -0.15) is 11.3 Å². The lowest BCUT2D eigenvalue weighted by atomic mass is 9.97. The average Bonchev–Trinajstić information content (AvgIpc) is 3.38. The molecule has 33 heavy (non-hydrogen) atoms. The number of carbonyl (C=O) groups excluding carboxylic acids is 2. The number of fused-ring (bicyclic) bond motifs is 1. The molecule has 0 unspecified atom stereocenters. The van der Waals surface area contributed by atoms with E-state index in [1.54, 1.807) is 36.6 Å². The first-order chi connectivity index (χ1) is 16.1. The van der Waals surface area contributed by atoms with E-state index in [1.807, 2.05) is 5.38 Å². The van der Waals surface area contributed by atoms with Gasteiger partial charge in [0.05, 0.1) is 25.9 Å². The van der Waals surface area contributed by atoms with Crippen LogP contribution >= 0.6 is 11.3 Å². The zero-order valence-electron chi connectivity index (χ0n) is 18.7. The highest BCUT2D eigenvalue weighted by atomic mass is 32.1. The zero-order valence-corrected chi connectivity index (χ0v) is 19.5. The molecule has 1 aliphatic rings. The Kier molecular flexibility index (Phi) is 7.26. The van der Waals surface area contributed by atoms with Gasteiger partial charge in [-0.3, -0.25) is 14.5 Å². The molecule has 3 aromatic rings. The summed E-state index contributed by atoms with van der Waals surface area (Å²) in [7, 11) is 3.04. The minimum atomic E-state index is -0.744. The van der Waals surface area contributed by atoms with Crippen molar-refractivity contribution >= 4 is 28.8 Å². The molecule has 0 fully saturated rings. The Morgan fingerprint density at radius 3 is 2.61 bits per heavy atom. The fourth-order valence-electron chi connectivity index (χ4n) is 4.06. The monoisotopic (exact) mass is 465 g/mol. The maximum Gasteiger partial charge on any atom is 0.313 e. The second-order valence-corrected chi connectivity index (χ2v) is 8.57.